The topological polar surface area (TPSA) is 94.9 Å². The van der Waals surface area contributed by atoms with Gasteiger partial charge in [-0.2, -0.15) is 5.01 Å². The van der Waals surface area contributed by atoms with Gasteiger partial charge in [-0.05, 0) is 55.2 Å². The number of nitrogens with zero attached hydrogens (tertiary/aromatic N) is 5. The second-order valence-electron chi connectivity index (χ2n) is 8.29. The molecule has 2 amide bonds. The summed E-state index contributed by atoms with van der Waals surface area (Å²) in [6.07, 6.45) is 6.76. The molecule has 1 aromatic heterocycles. The van der Waals surface area contributed by atoms with E-state index in [-0.39, 0.29) is 29.1 Å². The zero-order valence-corrected chi connectivity index (χ0v) is 20.9. The van der Waals surface area contributed by atoms with Gasteiger partial charge in [0.1, 0.15) is 5.70 Å². The van der Waals surface area contributed by atoms with Crippen LogP contribution in [0.25, 0.3) is 6.08 Å². The number of hydrogen-bond acceptors (Lipinski definition) is 7. The van der Waals surface area contributed by atoms with E-state index in [2.05, 4.69) is 20.6 Å². The lowest BCUT2D eigenvalue weighted by Gasteiger charge is -2.17. The number of hydrogen-bond donors (Lipinski definition) is 1. The van der Waals surface area contributed by atoms with Gasteiger partial charge in [-0.1, -0.05) is 53.7 Å². The van der Waals surface area contributed by atoms with Gasteiger partial charge in [0, 0.05) is 5.02 Å². The molecular formula is C25H24ClN6O3S+. The Bertz CT molecular complexity index is 1320. The molecule has 0 bridgehead atoms. The van der Waals surface area contributed by atoms with Crippen molar-refractivity contribution in [3.8, 4) is 0 Å². The molecule has 184 valence electrons. The van der Waals surface area contributed by atoms with Crippen molar-refractivity contribution in [3.05, 3.63) is 77.1 Å². The molecule has 9 nitrogen and oxygen atoms in total. The molecule has 1 fully saturated rings. The maximum atomic E-state index is 13.3. The highest BCUT2D eigenvalue weighted by Crippen LogP contribution is 2.29. The van der Waals surface area contributed by atoms with Gasteiger partial charge in [0.25, 0.3) is 12.1 Å². The number of para-hydroxylation sites is 1. The summed E-state index contributed by atoms with van der Waals surface area (Å²) in [5.74, 6) is -0.277. The van der Waals surface area contributed by atoms with Gasteiger partial charge in [-0.15, -0.1) is 0 Å². The van der Waals surface area contributed by atoms with Crippen molar-refractivity contribution in [1.82, 2.24) is 5.27 Å². The molecule has 3 aromatic rings. The highest BCUT2D eigenvalue weighted by molar-refractivity contribution is 8.14. The first-order chi connectivity index (χ1) is 17.6. The molecule has 1 saturated heterocycles. The van der Waals surface area contributed by atoms with Crippen LogP contribution in [0.5, 0.6) is 0 Å². The first-order valence-corrected chi connectivity index (χ1v) is 13.0. The standard InChI is InChI=1S/C25H23ClN6O3S/c26-19-9-7-8-18(14-19)15-21-24(34)32(20-10-3-1-4-11-20)25(27-21)36-17-22(33)28-23-16-31(29-35-23)30-12-5-2-6-13-30/h1,3-4,7-11,14-16H,2,5-6,12-13,17H2/p+1/b21-15+. The molecule has 36 heavy (non-hydrogen) atoms. The Morgan fingerprint density at radius 2 is 1.94 bits per heavy atom. The molecule has 0 saturated carbocycles. The summed E-state index contributed by atoms with van der Waals surface area (Å²) in [5, 5.41) is 9.78. The summed E-state index contributed by atoms with van der Waals surface area (Å²) in [6.45, 7) is 1.79. The number of carbonyl (C=O) groups is 2. The van der Waals surface area contributed by atoms with Gasteiger partial charge in [0.2, 0.25) is 11.2 Å². The fraction of sp³-hybridized carbons (Fsp3) is 0.240. The maximum Gasteiger partial charge on any atom is 0.305 e. The van der Waals surface area contributed by atoms with Crippen LogP contribution in [-0.4, -0.2) is 41.1 Å². The number of amidine groups is 1. The number of anilines is 2. The lowest BCUT2D eigenvalue weighted by atomic mass is 10.2. The second-order valence-corrected chi connectivity index (χ2v) is 9.67. The normalized spacial score (nSPS) is 17.0. The Kier molecular flexibility index (Phi) is 7.33. The van der Waals surface area contributed by atoms with Crippen LogP contribution in [0.15, 0.2) is 76.0 Å². The molecule has 2 aromatic carbocycles. The number of thioether (sulfide) groups is 1. The first kappa shape index (κ1) is 24.1. The molecule has 2 aliphatic rings. The van der Waals surface area contributed by atoms with Gasteiger partial charge in [-0.25, -0.2) is 4.99 Å². The number of aromatic nitrogens is 2. The number of nitrogens with one attached hydrogen (secondary N) is 1. The fourth-order valence-corrected chi connectivity index (χ4v) is 4.98. The van der Waals surface area contributed by atoms with Crippen molar-refractivity contribution in [3.63, 3.8) is 0 Å². The Morgan fingerprint density at radius 3 is 2.72 bits per heavy atom. The smallest absolute Gasteiger partial charge is 0.288 e. The summed E-state index contributed by atoms with van der Waals surface area (Å²) in [4.78, 5) is 33.6. The molecule has 0 aliphatic carbocycles. The van der Waals surface area contributed by atoms with Crippen molar-refractivity contribution in [2.75, 3.05) is 34.1 Å². The molecule has 1 N–H and O–H groups in total. The Labute approximate surface area is 217 Å². The average molecular weight is 524 g/mol. The zero-order valence-electron chi connectivity index (χ0n) is 19.3. The maximum absolute atomic E-state index is 13.3. The summed E-state index contributed by atoms with van der Waals surface area (Å²) < 4.78 is 5.28. The van der Waals surface area contributed by atoms with E-state index < -0.39 is 0 Å². The first-order valence-electron chi connectivity index (χ1n) is 11.6. The van der Waals surface area contributed by atoms with Gasteiger partial charge in [0.15, 0.2) is 5.17 Å². The van der Waals surface area contributed by atoms with Crippen LogP contribution in [0, 0.1) is 0 Å². The van der Waals surface area contributed by atoms with Crippen LogP contribution in [0.2, 0.25) is 5.02 Å². The molecular weight excluding hydrogens is 500 g/mol. The van der Waals surface area contributed by atoms with Crippen molar-refractivity contribution < 1.29 is 18.9 Å². The van der Waals surface area contributed by atoms with Crippen LogP contribution in [0.4, 0.5) is 11.6 Å². The molecule has 0 unspecified atom stereocenters. The van der Waals surface area contributed by atoms with Crippen LogP contribution >= 0.6 is 23.4 Å². The molecule has 11 heteroatoms. The lowest BCUT2D eigenvalue weighted by molar-refractivity contribution is -0.759. The fourth-order valence-electron chi connectivity index (χ4n) is 3.96. The van der Waals surface area contributed by atoms with Gasteiger partial charge >= 0.3 is 5.88 Å². The van der Waals surface area contributed by atoms with E-state index in [0.29, 0.717) is 15.9 Å². The van der Waals surface area contributed by atoms with Crippen LogP contribution in [0.3, 0.4) is 0 Å². The van der Waals surface area contributed by atoms with E-state index in [1.165, 1.54) is 23.1 Å². The quantitative estimate of drug-likeness (QED) is 0.389. The van der Waals surface area contributed by atoms with Crippen molar-refractivity contribution in [1.29, 1.82) is 0 Å². The van der Waals surface area contributed by atoms with Crippen molar-refractivity contribution in [2.45, 2.75) is 19.3 Å². The summed E-state index contributed by atoms with van der Waals surface area (Å²) >= 11 is 7.26. The third-order valence-electron chi connectivity index (χ3n) is 5.67. The minimum atomic E-state index is -0.294. The number of piperidine rings is 1. The second kappa shape index (κ2) is 11.0. The summed E-state index contributed by atoms with van der Waals surface area (Å²) in [7, 11) is 0. The van der Waals surface area contributed by atoms with E-state index >= 15 is 0 Å². The molecule has 0 atom stereocenters. The van der Waals surface area contributed by atoms with Crippen LogP contribution in [-0.2, 0) is 9.59 Å². The monoisotopic (exact) mass is 523 g/mol. The number of benzene rings is 2. The van der Waals surface area contributed by atoms with Crippen LogP contribution in [0.1, 0.15) is 24.8 Å². The SMILES string of the molecule is O=C(CSC1=N/C(=C/c2cccc(Cl)c2)C(=O)N1c1ccccc1)Nc1c[n+](N2CCCCC2)no1. The number of amides is 2. The predicted octanol–water partition coefficient (Wildman–Crippen LogP) is 3.85. The van der Waals surface area contributed by atoms with Gasteiger partial charge < -0.3 is 0 Å². The Hall–Kier alpha value is -3.63. The van der Waals surface area contributed by atoms with Gasteiger partial charge in [-0.3, -0.25) is 24.3 Å². The molecule has 0 spiro atoms. The molecule has 3 heterocycles. The van der Waals surface area contributed by atoms with E-state index in [1.807, 2.05) is 42.5 Å². The zero-order chi connectivity index (χ0) is 24.9. The number of aliphatic imine (C=N–C) groups is 1. The third-order valence-corrected chi connectivity index (χ3v) is 6.84. The predicted molar refractivity (Wildman–Crippen MR) is 140 cm³/mol. The van der Waals surface area contributed by atoms with E-state index in [0.717, 1.165) is 31.5 Å². The van der Waals surface area contributed by atoms with Crippen molar-refractivity contribution >= 4 is 58.0 Å². The summed E-state index contributed by atoms with van der Waals surface area (Å²) in [5.41, 5.74) is 1.70. The number of halogens is 1. The highest BCUT2D eigenvalue weighted by Gasteiger charge is 2.32. The van der Waals surface area contributed by atoms with E-state index in [9.17, 15) is 9.59 Å². The highest BCUT2D eigenvalue weighted by atomic mass is 35.5. The van der Waals surface area contributed by atoms with Gasteiger partial charge in [0.05, 0.1) is 29.3 Å². The third kappa shape index (κ3) is 5.60. The van der Waals surface area contributed by atoms with E-state index in [4.69, 9.17) is 16.1 Å². The lowest BCUT2D eigenvalue weighted by Crippen LogP contribution is -2.60. The number of rotatable bonds is 6. The Balaban J connectivity index is 1.29. The average Bonchev–Trinajstić information content (AvgIpc) is 3.48. The van der Waals surface area contributed by atoms with Crippen molar-refractivity contribution in [2.24, 2.45) is 4.99 Å². The molecule has 2 aliphatic heterocycles. The molecule has 5 rings (SSSR count). The minimum Gasteiger partial charge on any atom is -0.288 e. The summed E-state index contributed by atoms with van der Waals surface area (Å²) in [6, 6.07) is 16.4. The largest absolute Gasteiger partial charge is 0.305 e. The molecule has 0 radical (unpaired) electrons. The Morgan fingerprint density at radius 1 is 1.14 bits per heavy atom. The minimum absolute atomic E-state index is 0.0320. The van der Waals surface area contributed by atoms with E-state index in [1.54, 1.807) is 29.2 Å². The van der Waals surface area contributed by atoms with Crippen LogP contribution < -0.4 is 20.0 Å². The number of carbonyl (C=O) groups excluding carboxylic acids is 2.